The van der Waals surface area contributed by atoms with Crippen molar-refractivity contribution in [2.24, 2.45) is 34.5 Å². The molecule has 1 heteroatoms. The van der Waals surface area contributed by atoms with Crippen molar-refractivity contribution < 1.29 is 4.79 Å². The van der Waals surface area contributed by atoms with E-state index in [1.165, 1.54) is 44.1 Å². The number of carbonyl (C=O) groups excluding carboxylic acids is 1. The summed E-state index contributed by atoms with van der Waals surface area (Å²) < 4.78 is 0. The summed E-state index contributed by atoms with van der Waals surface area (Å²) in [5.41, 5.74) is 3.82. The van der Waals surface area contributed by atoms with Crippen LogP contribution in [0, 0.1) is 34.5 Å². The van der Waals surface area contributed by atoms with Gasteiger partial charge in [-0.25, -0.2) is 0 Å². The smallest absolute Gasteiger partial charge is 0.155 e. The van der Waals surface area contributed by atoms with E-state index in [2.05, 4.69) is 33.4 Å². The van der Waals surface area contributed by atoms with Gasteiger partial charge in [0.2, 0.25) is 0 Å². The van der Waals surface area contributed by atoms with Gasteiger partial charge in [0.05, 0.1) is 0 Å². The molecule has 1 nitrogen and oxygen atoms in total. The van der Waals surface area contributed by atoms with Crippen LogP contribution in [0.15, 0.2) is 36.0 Å². The van der Waals surface area contributed by atoms with E-state index in [0.29, 0.717) is 16.6 Å². The Kier molecular flexibility index (Phi) is 4.13. The molecule has 4 rings (SSSR count). The largest absolute Gasteiger partial charge is 0.295 e. The molecule has 4 unspecified atom stereocenters. The maximum absolute atomic E-state index is 11.9. The second kappa shape index (κ2) is 5.96. The van der Waals surface area contributed by atoms with Crippen LogP contribution in [-0.2, 0) is 4.79 Å². The Morgan fingerprint density at radius 1 is 1.12 bits per heavy atom. The van der Waals surface area contributed by atoms with E-state index in [1.807, 2.05) is 12.2 Å². The minimum atomic E-state index is 0.308. The lowest BCUT2D eigenvalue weighted by atomic mass is 9.46. The van der Waals surface area contributed by atoms with Crippen LogP contribution in [0.2, 0.25) is 0 Å². The fraction of sp³-hybridized carbons (Fsp3) is 0.708. The Labute approximate surface area is 153 Å². The third-order valence-corrected chi connectivity index (χ3v) is 8.89. The molecule has 0 aliphatic heterocycles. The number of hydrogen-bond acceptors (Lipinski definition) is 1. The van der Waals surface area contributed by atoms with Gasteiger partial charge in [-0.2, -0.15) is 0 Å². The van der Waals surface area contributed by atoms with Gasteiger partial charge in [0.15, 0.2) is 5.78 Å². The number of hydrogen-bond donors (Lipinski definition) is 0. The van der Waals surface area contributed by atoms with Crippen LogP contribution in [0.25, 0.3) is 0 Å². The van der Waals surface area contributed by atoms with Crippen LogP contribution in [0.4, 0.5) is 0 Å². The average molecular weight is 339 g/mol. The number of ketones is 1. The van der Waals surface area contributed by atoms with E-state index in [4.69, 9.17) is 0 Å². The van der Waals surface area contributed by atoms with Crippen LogP contribution in [-0.4, -0.2) is 5.78 Å². The van der Waals surface area contributed by atoms with Crippen molar-refractivity contribution in [3.8, 4) is 0 Å². The standard InChI is InChI=1S/C24H34O/c1-5-6-16(2)20-9-10-21-19-8-7-17-15-18(25)11-13-23(17,3)22(19)12-14-24(20,21)4/h5-6,15,19-22H,1,7-14H2,2-4H3/b16-6+/t19?,20?,21?,22?,23-,24+/m0/s1. The van der Waals surface area contributed by atoms with Gasteiger partial charge in [-0.3, -0.25) is 4.79 Å². The lowest BCUT2D eigenvalue weighted by Gasteiger charge is -2.58. The van der Waals surface area contributed by atoms with E-state index in [-0.39, 0.29) is 0 Å². The summed E-state index contributed by atoms with van der Waals surface area (Å²) in [6.45, 7) is 11.3. The normalized spacial score (nSPS) is 46.8. The maximum atomic E-state index is 11.9. The first-order valence-corrected chi connectivity index (χ1v) is 10.4. The number of fused-ring (bicyclic) bond motifs is 5. The number of carbonyl (C=O) groups is 1. The molecule has 136 valence electrons. The maximum Gasteiger partial charge on any atom is 0.155 e. The molecule has 4 aliphatic carbocycles. The molecule has 25 heavy (non-hydrogen) atoms. The predicted octanol–water partition coefficient (Wildman–Crippen LogP) is 6.27. The van der Waals surface area contributed by atoms with E-state index in [0.717, 1.165) is 36.5 Å². The summed E-state index contributed by atoms with van der Waals surface area (Å²) in [6, 6.07) is 0. The second-order valence-corrected chi connectivity index (χ2v) is 9.79. The first-order valence-electron chi connectivity index (χ1n) is 10.4. The van der Waals surface area contributed by atoms with E-state index < -0.39 is 0 Å². The zero-order valence-corrected chi connectivity index (χ0v) is 16.3. The molecule has 0 amide bonds. The summed E-state index contributed by atoms with van der Waals surface area (Å²) in [5.74, 6) is 3.67. The molecule has 0 saturated heterocycles. The van der Waals surface area contributed by atoms with Gasteiger partial charge >= 0.3 is 0 Å². The SMILES string of the molecule is C=C/C=C(\C)C1CCC2C3CCC4=CC(=O)CC[C@]4(C)C3CC[C@]12C. The van der Waals surface area contributed by atoms with Crippen molar-refractivity contribution in [2.45, 2.75) is 72.1 Å². The van der Waals surface area contributed by atoms with Crippen LogP contribution < -0.4 is 0 Å². The highest BCUT2D eigenvalue weighted by molar-refractivity contribution is 5.91. The molecule has 0 spiro atoms. The van der Waals surface area contributed by atoms with Crippen molar-refractivity contribution in [3.05, 3.63) is 36.0 Å². The van der Waals surface area contributed by atoms with Crippen LogP contribution >= 0.6 is 0 Å². The first kappa shape index (κ1) is 17.3. The zero-order valence-electron chi connectivity index (χ0n) is 16.3. The van der Waals surface area contributed by atoms with Crippen molar-refractivity contribution in [1.29, 1.82) is 0 Å². The molecule has 0 aromatic rings. The molecule has 0 aromatic carbocycles. The molecule has 3 saturated carbocycles. The summed E-state index contributed by atoms with van der Waals surface area (Å²) in [5, 5.41) is 0. The Bertz CT molecular complexity index is 653. The molecule has 6 atom stereocenters. The molecule has 3 fully saturated rings. The van der Waals surface area contributed by atoms with Crippen LogP contribution in [0.1, 0.15) is 72.1 Å². The van der Waals surface area contributed by atoms with Crippen molar-refractivity contribution in [1.82, 2.24) is 0 Å². The van der Waals surface area contributed by atoms with E-state index in [9.17, 15) is 4.79 Å². The quantitative estimate of drug-likeness (QED) is 0.543. The molecule has 0 radical (unpaired) electrons. The lowest BCUT2D eigenvalue weighted by Crippen LogP contribution is -2.50. The highest BCUT2D eigenvalue weighted by Gasteiger charge is 2.58. The zero-order chi connectivity index (χ0) is 17.8. The fourth-order valence-electron chi connectivity index (χ4n) is 7.61. The molecular weight excluding hydrogens is 304 g/mol. The number of allylic oxidation sites excluding steroid dienone is 4. The summed E-state index contributed by atoms with van der Waals surface area (Å²) >= 11 is 0. The monoisotopic (exact) mass is 338 g/mol. The summed E-state index contributed by atoms with van der Waals surface area (Å²) in [7, 11) is 0. The molecule has 0 aromatic heterocycles. The minimum Gasteiger partial charge on any atom is -0.295 e. The second-order valence-electron chi connectivity index (χ2n) is 9.79. The van der Waals surface area contributed by atoms with Gasteiger partial charge in [-0.05, 0) is 92.4 Å². The Hall–Kier alpha value is -1.11. The average Bonchev–Trinajstić information content (AvgIpc) is 2.93. The lowest BCUT2D eigenvalue weighted by molar-refractivity contribution is -0.117. The predicted molar refractivity (Wildman–Crippen MR) is 104 cm³/mol. The van der Waals surface area contributed by atoms with Crippen LogP contribution in [0.5, 0.6) is 0 Å². The Balaban J connectivity index is 1.65. The highest BCUT2D eigenvalue weighted by Crippen LogP contribution is 2.67. The van der Waals surface area contributed by atoms with Crippen molar-refractivity contribution in [2.75, 3.05) is 0 Å². The van der Waals surface area contributed by atoms with Crippen molar-refractivity contribution in [3.63, 3.8) is 0 Å². The van der Waals surface area contributed by atoms with Gasteiger partial charge < -0.3 is 0 Å². The first-order chi connectivity index (χ1) is 11.9. The molecular formula is C24H34O. The minimum absolute atomic E-state index is 0.308. The fourth-order valence-corrected chi connectivity index (χ4v) is 7.61. The van der Waals surface area contributed by atoms with E-state index in [1.54, 1.807) is 5.57 Å². The topological polar surface area (TPSA) is 17.1 Å². The Morgan fingerprint density at radius 2 is 1.92 bits per heavy atom. The van der Waals surface area contributed by atoms with Gasteiger partial charge in [0.1, 0.15) is 0 Å². The van der Waals surface area contributed by atoms with Gasteiger partial charge in [0, 0.05) is 6.42 Å². The molecule has 0 heterocycles. The number of rotatable bonds is 2. The third kappa shape index (κ3) is 2.45. The summed E-state index contributed by atoms with van der Waals surface area (Å²) in [6.07, 6.45) is 16.1. The molecule has 0 N–H and O–H groups in total. The van der Waals surface area contributed by atoms with Crippen LogP contribution in [0.3, 0.4) is 0 Å². The Morgan fingerprint density at radius 3 is 2.68 bits per heavy atom. The van der Waals surface area contributed by atoms with Crippen molar-refractivity contribution >= 4 is 5.78 Å². The summed E-state index contributed by atoms with van der Waals surface area (Å²) in [4.78, 5) is 11.9. The third-order valence-electron chi connectivity index (χ3n) is 8.89. The van der Waals surface area contributed by atoms with E-state index >= 15 is 0 Å². The molecule has 4 aliphatic rings. The van der Waals surface area contributed by atoms with Gasteiger partial charge in [-0.15, -0.1) is 0 Å². The highest BCUT2D eigenvalue weighted by atomic mass is 16.1. The van der Waals surface area contributed by atoms with Gasteiger partial charge in [-0.1, -0.05) is 43.7 Å². The van der Waals surface area contributed by atoms with Gasteiger partial charge in [0.25, 0.3) is 0 Å². The molecule has 0 bridgehead atoms.